The van der Waals surface area contributed by atoms with Gasteiger partial charge in [0, 0.05) is 24.0 Å². The highest BCUT2D eigenvalue weighted by atomic mass is 35.5. The lowest BCUT2D eigenvalue weighted by molar-refractivity contribution is 0.0987. The zero-order valence-corrected chi connectivity index (χ0v) is 16.5. The van der Waals surface area contributed by atoms with Crippen molar-refractivity contribution in [2.45, 2.75) is 45.2 Å². The first-order valence-electron chi connectivity index (χ1n) is 8.84. The van der Waals surface area contributed by atoms with Gasteiger partial charge in [-0.15, -0.1) is 11.6 Å². The van der Waals surface area contributed by atoms with Crippen LogP contribution in [0, 0.1) is 0 Å². The van der Waals surface area contributed by atoms with E-state index in [2.05, 4.69) is 9.97 Å². The number of rotatable bonds is 5. The molecule has 0 unspecified atom stereocenters. The van der Waals surface area contributed by atoms with Gasteiger partial charge in [-0.3, -0.25) is 0 Å². The van der Waals surface area contributed by atoms with Gasteiger partial charge in [-0.2, -0.15) is 0 Å². The first-order chi connectivity index (χ1) is 12.7. The molecule has 0 spiro atoms. The number of halogens is 1. The topological polar surface area (TPSA) is 97.3 Å². The van der Waals surface area contributed by atoms with E-state index in [4.69, 9.17) is 17.3 Å². The van der Waals surface area contributed by atoms with Gasteiger partial charge in [0.2, 0.25) is 0 Å². The maximum absolute atomic E-state index is 11.6. The Morgan fingerprint density at radius 2 is 2.00 bits per heavy atom. The molecule has 3 rings (SSSR count). The minimum Gasteiger partial charge on any atom is -0.465 e. The van der Waals surface area contributed by atoms with Crippen molar-refractivity contribution in [3.8, 4) is 0 Å². The molecule has 0 aliphatic rings. The first kappa shape index (κ1) is 19.2. The summed E-state index contributed by atoms with van der Waals surface area (Å²) >= 11 is 6.12. The number of nitrogen functional groups attached to an aromatic ring is 1. The van der Waals surface area contributed by atoms with Crippen molar-refractivity contribution in [1.82, 2.24) is 19.4 Å². The number of imidazole rings is 1. The smallest absolute Gasteiger partial charge is 0.407 e. The third-order valence-electron chi connectivity index (χ3n) is 4.61. The van der Waals surface area contributed by atoms with Gasteiger partial charge in [0.1, 0.15) is 11.3 Å². The third-order valence-corrected chi connectivity index (χ3v) is 4.85. The Hall–Kier alpha value is -2.54. The van der Waals surface area contributed by atoms with Crippen LogP contribution in [-0.4, -0.2) is 42.7 Å². The van der Waals surface area contributed by atoms with Gasteiger partial charge in [0.05, 0.1) is 16.9 Å². The van der Waals surface area contributed by atoms with Crippen LogP contribution in [0.15, 0.2) is 24.3 Å². The van der Waals surface area contributed by atoms with E-state index in [9.17, 15) is 9.90 Å². The molecular formula is C19H24ClN5O2. The van der Waals surface area contributed by atoms with E-state index in [0.717, 1.165) is 16.4 Å². The highest BCUT2D eigenvalue weighted by molar-refractivity contribution is 6.17. The minimum absolute atomic E-state index is 0.240. The number of nitrogens with two attached hydrogens (primary N) is 1. The normalized spacial score (nSPS) is 12.0. The molecule has 144 valence electrons. The van der Waals surface area contributed by atoms with Crippen molar-refractivity contribution in [1.29, 1.82) is 0 Å². The number of aryl methyl sites for hydroxylation is 1. The number of anilines is 1. The van der Waals surface area contributed by atoms with Gasteiger partial charge in [-0.05, 0) is 33.3 Å². The van der Waals surface area contributed by atoms with Crippen LogP contribution in [0.3, 0.4) is 0 Å². The maximum Gasteiger partial charge on any atom is 0.407 e. The number of aromatic nitrogens is 3. The fraction of sp³-hybridized carbons (Fsp3) is 0.421. The summed E-state index contributed by atoms with van der Waals surface area (Å²) in [5.74, 6) is 1.31. The molecule has 0 bridgehead atoms. The van der Waals surface area contributed by atoms with Crippen LogP contribution in [0.2, 0.25) is 0 Å². The summed E-state index contributed by atoms with van der Waals surface area (Å²) < 4.78 is 2.03. The predicted octanol–water partition coefficient (Wildman–Crippen LogP) is 4.07. The van der Waals surface area contributed by atoms with Crippen molar-refractivity contribution in [3.63, 3.8) is 0 Å². The van der Waals surface area contributed by atoms with Crippen LogP contribution in [0.5, 0.6) is 0 Å². The van der Waals surface area contributed by atoms with Crippen LogP contribution >= 0.6 is 11.6 Å². The molecular weight excluding hydrogens is 366 g/mol. The molecule has 0 radical (unpaired) electrons. The van der Waals surface area contributed by atoms with E-state index in [1.165, 1.54) is 4.90 Å². The number of fused-ring (bicyclic) bond motifs is 3. The van der Waals surface area contributed by atoms with Crippen LogP contribution in [-0.2, 0) is 12.4 Å². The van der Waals surface area contributed by atoms with Crippen LogP contribution < -0.4 is 5.73 Å². The fourth-order valence-electron chi connectivity index (χ4n) is 3.35. The van der Waals surface area contributed by atoms with E-state index in [1.54, 1.807) is 0 Å². The molecule has 7 nitrogen and oxygen atoms in total. The highest BCUT2D eigenvalue weighted by Crippen LogP contribution is 2.29. The summed E-state index contributed by atoms with van der Waals surface area (Å²) in [5, 5.41) is 10.4. The summed E-state index contributed by atoms with van der Waals surface area (Å²) in [6.07, 6.45) is -0.287. The molecule has 27 heavy (non-hydrogen) atoms. The Balaban J connectivity index is 2.00. The standard InChI is InChI=1S/C19H24ClN5O2/c1-19(2,3)25(18(26)27)10-6-9-24-14(11-20)23-15-16(24)12-7-4-5-8-13(12)22-17(15)21/h4-5,7-8H,6,9-11H2,1-3H3,(H2,21,22)(H,26,27). The SMILES string of the molecule is CC(C)(C)N(CCCn1c(CCl)nc2c(N)nc3ccccc3c21)C(=O)O. The molecule has 3 N–H and O–H groups in total. The number of nitrogens with zero attached hydrogens (tertiary/aromatic N) is 4. The molecule has 0 saturated carbocycles. The largest absolute Gasteiger partial charge is 0.465 e. The van der Waals surface area contributed by atoms with E-state index in [1.807, 2.05) is 49.6 Å². The van der Waals surface area contributed by atoms with Crippen LogP contribution in [0.25, 0.3) is 21.9 Å². The average Bonchev–Trinajstić information content (AvgIpc) is 2.97. The lowest BCUT2D eigenvalue weighted by Gasteiger charge is -2.33. The number of para-hydroxylation sites is 1. The molecule has 0 aliphatic carbocycles. The molecule has 2 heterocycles. The molecule has 0 atom stereocenters. The van der Waals surface area contributed by atoms with E-state index in [0.29, 0.717) is 36.7 Å². The lowest BCUT2D eigenvalue weighted by atomic mass is 10.1. The molecule has 1 amide bonds. The molecule has 3 aromatic rings. The monoisotopic (exact) mass is 389 g/mol. The number of amides is 1. The van der Waals surface area contributed by atoms with E-state index < -0.39 is 11.6 Å². The zero-order chi connectivity index (χ0) is 19.8. The Bertz CT molecular complexity index is 993. The second-order valence-corrected chi connectivity index (χ2v) is 7.75. The maximum atomic E-state index is 11.6. The fourth-order valence-corrected chi connectivity index (χ4v) is 3.56. The summed E-state index contributed by atoms with van der Waals surface area (Å²) in [6, 6.07) is 7.76. The van der Waals surface area contributed by atoms with Gasteiger partial charge < -0.3 is 20.3 Å². The second-order valence-electron chi connectivity index (χ2n) is 7.48. The number of hydrogen-bond acceptors (Lipinski definition) is 4. The van der Waals surface area contributed by atoms with Crippen molar-refractivity contribution in [2.24, 2.45) is 0 Å². The number of alkyl halides is 1. The summed E-state index contributed by atoms with van der Waals surface area (Å²) in [4.78, 5) is 22.0. The molecule has 0 saturated heterocycles. The van der Waals surface area contributed by atoms with Gasteiger partial charge in [-0.1, -0.05) is 18.2 Å². The lowest BCUT2D eigenvalue weighted by Crippen LogP contribution is -2.45. The summed E-state index contributed by atoms with van der Waals surface area (Å²) in [6.45, 7) is 6.66. The van der Waals surface area contributed by atoms with Gasteiger partial charge in [0.15, 0.2) is 5.82 Å². The molecule has 8 heteroatoms. The third kappa shape index (κ3) is 3.64. The Morgan fingerprint density at radius 1 is 1.30 bits per heavy atom. The quantitative estimate of drug-likeness (QED) is 0.641. The molecule has 0 fully saturated rings. The van der Waals surface area contributed by atoms with Crippen molar-refractivity contribution in [2.75, 3.05) is 12.3 Å². The second kappa shape index (κ2) is 7.23. The van der Waals surface area contributed by atoms with Gasteiger partial charge >= 0.3 is 6.09 Å². The Kier molecular flexibility index (Phi) is 5.15. The highest BCUT2D eigenvalue weighted by Gasteiger charge is 2.25. The van der Waals surface area contributed by atoms with Gasteiger partial charge in [-0.25, -0.2) is 14.8 Å². The Morgan fingerprint density at radius 3 is 2.63 bits per heavy atom. The summed E-state index contributed by atoms with van der Waals surface area (Å²) in [7, 11) is 0. The summed E-state index contributed by atoms with van der Waals surface area (Å²) in [5.41, 5.74) is 7.98. The van der Waals surface area contributed by atoms with E-state index in [-0.39, 0.29) is 5.88 Å². The first-order valence-corrected chi connectivity index (χ1v) is 9.37. The molecule has 0 aliphatic heterocycles. The minimum atomic E-state index is -0.922. The Labute approximate surface area is 162 Å². The average molecular weight is 390 g/mol. The number of carboxylic acid groups (broad SMARTS) is 1. The van der Waals surface area contributed by atoms with E-state index >= 15 is 0 Å². The number of pyridine rings is 1. The number of benzene rings is 1. The van der Waals surface area contributed by atoms with Crippen LogP contribution in [0.4, 0.5) is 10.6 Å². The molecule has 2 aromatic heterocycles. The number of hydrogen-bond donors (Lipinski definition) is 2. The van der Waals surface area contributed by atoms with Gasteiger partial charge in [0.25, 0.3) is 0 Å². The van der Waals surface area contributed by atoms with Crippen molar-refractivity contribution < 1.29 is 9.90 Å². The van der Waals surface area contributed by atoms with Crippen molar-refractivity contribution in [3.05, 3.63) is 30.1 Å². The predicted molar refractivity (Wildman–Crippen MR) is 108 cm³/mol. The molecule has 1 aromatic carbocycles. The number of carbonyl (C=O) groups is 1. The zero-order valence-electron chi connectivity index (χ0n) is 15.7. The van der Waals surface area contributed by atoms with Crippen molar-refractivity contribution >= 4 is 45.4 Å². The van der Waals surface area contributed by atoms with Crippen LogP contribution in [0.1, 0.15) is 33.0 Å².